The molecule has 0 bridgehead atoms. The summed E-state index contributed by atoms with van der Waals surface area (Å²) >= 11 is 0. The molecule has 124 valence electrons. The van der Waals surface area contributed by atoms with Gasteiger partial charge in [-0.05, 0) is 31.4 Å². The molecule has 0 aromatic heterocycles. The van der Waals surface area contributed by atoms with Crippen LogP contribution in [0.1, 0.15) is 44.7 Å². The molecule has 0 saturated carbocycles. The van der Waals surface area contributed by atoms with Crippen LogP contribution in [-0.2, 0) is 17.9 Å². The molecule has 0 spiro atoms. The van der Waals surface area contributed by atoms with Crippen molar-refractivity contribution in [2.75, 3.05) is 20.6 Å². The molecule has 1 N–H and O–H groups in total. The zero-order valence-corrected chi connectivity index (χ0v) is 14.7. The molecule has 0 fully saturated rings. The number of hydrogen-bond donors (Lipinski definition) is 1. The van der Waals surface area contributed by atoms with Gasteiger partial charge in [-0.25, -0.2) is 0 Å². The highest BCUT2D eigenvalue weighted by molar-refractivity contribution is 5.79. The third-order valence-corrected chi connectivity index (χ3v) is 3.45. The van der Waals surface area contributed by atoms with Crippen LogP contribution >= 0.6 is 0 Å². The van der Waals surface area contributed by atoms with Gasteiger partial charge in [-0.2, -0.15) is 0 Å². The van der Waals surface area contributed by atoms with Gasteiger partial charge in [0.2, 0.25) is 0 Å². The van der Waals surface area contributed by atoms with Gasteiger partial charge in [0.05, 0.1) is 12.7 Å². The minimum absolute atomic E-state index is 0.257. The number of benzene rings is 1. The second kappa shape index (κ2) is 10.2. The average Bonchev–Trinajstić information content (AvgIpc) is 2.52. The molecule has 4 nitrogen and oxygen atoms in total. The van der Waals surface area contributed by atoms with Crippen molar-refractivity contribution in [3.63, 3.8) is 0 Å². The van der Waals surface area contributed by atoms with Crippen LogP contribution in [0.4, 0.5) is 0 Å². The van der Waals surface area contributed by atoms with E-state index in [1.807, 2.05) is 7.05 Å². The molecule has 0 heterocycles. The smallest absolute Gasteiger partial charge is 0.193 e. The van der Waals surface area contributed by atoms with Crippen molar-refractivity contribution in [3.05, 3.63) is 35.4 Å². The first-order valence-electron chi connectivity index (χ1n) is 8.18. The third kappa shape index (κ3) is 6.94. The van der Waals surface area contributed by atoms with Crippen LogP contribution in [0.3, 0.4) is 0 Å². The fourth-order valence-corrected chi connectivity index (χ4v) is 2.16. The highest BCUT2D eigenvalue weighted by atomic mass is 16.5. The van der Waals surface area contributed by atoms with Gasteiger partial charge < -0.3 is 15.0 Å². The van der Waals surface area contributed by atoms with Gasteiger partial charge in [0, 0.05) is 27.2 Å². The Morgan fingerprint density at radius 1 is 1.32 bits per heavy atom. The summed E-state index contributed by atoms with van der Waals surface area (Å²) in [5.74, 6) is 0.942. The van der Waals surface area contributed by atoms with E-state index in [9.17, 15) is 0 Å². The summed E-state index contributed by atoms with van der Waals surface area (Å²) in [6, 6.07) is 8.51. The lowest BCUT2D eigenvalue weighted by atomic mass is 10.1. The topological polar surface area (TPSA) is 36.9 Å². The Bertz CT molecular complexity index is 457. The van der Waals surface area contributed by atoms with Crippen molar-refractivity contribution in [1.82, 2.24) is 10.2 Å². The van der Waals surface area contributed by atoms with E-state index in [1.54, 1.807) is 0 Å². The van der Waals surface area contributed by atoms with Gasteiger partial charge in [-0.15, -0.1) is 0 Å². The number of nitrogens with one attached hydrogen (secondary N) is 1. The summed E-state index contributed by atoms with van der Waals surface area (Å²) in [6.45, 7) is 8.78. The average molecular weight is 305 g/mol. The number of hydrogen-bond acceptors (Lipinski definition) is 2. The standard InChI is InChI=1S/C18H31N3O/c1-6-7-11-21(5)18(19-4)20-13-16-9-8-10-17(12-16)14-22-15(2)3/h8-10,12,15H,6-7,11,13-14H2,1-5H3,(H,19,20). The first-order valence-corrected chi connectivity index (χ1v) is 8.18. The summed E-state index contributed by atoms with van der Waals surface area (Å²) in [5.41, 5.74) is 2.46. The highest BCUT2D eigenvalue weighted by Crippen LogP contribution is 2.08. The van der Waals surface area contributed by atoms with Crippen molar-refractivity contribution in [2.24, 2.45) is 4.99 Å². The minimum Gasteiger partial charge on any atom is -0.374 e. The molecular weight excluding hydrogens is 274 g/mol. The van der Waals surface area contributed by atoms with Crippen LogP contribution in [0.5, 0.6) is 0 Å². The Labute approximate surface area is 135 Å². The molecule has 0 aliphatic carbocycles. The number of unbranched alkanes of at least 4 members (excludes halogenated alkanes) is 1. The van der Waals surface area contributed by atoms with Gasteiger partial charge in [-0.1, -0.05) is 37.6 Å². The Kier molecular flexibility index (Phi) is 8.60. The lowest BCUT2D eigenvalue weighted by Gasteiger charge is -2.22. The summed E-state index contributed by atoms with van der Waals surface area (Å²) in [4.78, 5) is 6.52. The molecule has 0 amide bonds. The summed E-state index contributed by atoms with van der Waals surface area (Å²) in [7, 11) is 3.91. The third-order valence-electron chi connectivity index (χ3n) is 3.45. The quantitative estimate of drug-likeness (QED) is 0.590. The fraction of sp³-hybridized carbons (Fsp3) is 0.611. The fourth-order valence-electron chi connectivity index (χ4n) is 2.16. The van der Waals surface area contributed by atoms with E-state index in [1.165, 1.54) is 24.0 Å². The normalized spacial score (nSPS) is 11.8. The molecule has 4 heteroatoms. The van der Waals surface area contributed by atoms with Crippen LogP contribution in [-0.4, -0.2) is 37.6 Å². The van der Waals surface area contributed by atoms with Gasteiger partial charge in [-0.3, -0.25) is 4.99 Å². The minimum atomic E-state index is 0.257. The van der Waals surface area contributed by atoms with E-state index in [0.717, 1.165) is 19.0 Å². The molecule has 1 aromatic carbocycles. The molecule has 22 heavy (non-hydrogen) atoms. The monoisotopic (exact) mass is 305 g/mol. The summed E-state index contributed by atoms with van der Waals surface area (Å²) in [6.07, 6.45) is 2.63. The van der Waals surface area contributed by atoms with Gasteiger partial charge in [0.1, 0.15) is 0 Å². The molecule has 1 rings (SSSR count). The molecular formula is C18H31N3O. The van der Waals surface area contributed by atoms with Gasteiger partial charge in [0.25, 0.3) is 0 Å². The first-order chi connectivity index (χ1) is 10.6. The van der Waals surface area contributed by atoms with Gasteiger partial charge >= 0.3 is 0 Å². The van der Waals surface area contributed by atoms with E-state index in [2.05, 4.69) is 67.3 Å². The van der Waals surface area contributed by atoms with Crippen LogP contribution in [0.2, 0.25) is 0 Å². The Hall–Kier alpha value is -1.55. The second-order valence-corrected chi connectivity index (χ2v) is 5.86. The molecule has 0 aliphatic heterocycles. The van der Waals surface area contributed by atoms with Crippen LogP contribution in [0.15, 0.2) is 29.3 Å². The summed E-state index contributed by atoms with van der Waals surface area (Å²) < 4.78 is 5.66. The molecule has 0 radical (unpaired) electrons. The molecule has 0 aliphatic rings. The predicted octanol–water partition coefficient (Wildman–Crippen LogP) is 3.42. The zero-order valence-electron chi connectivity index (χ0n) is 14.7. The number of rotatable bonds is 8. The van der Waals surface area contributed by atoms with Crippen LogP contribution in [0.25, 0.3) is 0 Å². The Balaban J connectivity index is 2.53. The lowest BCUT2D eigenvalue weighted by Crippen LogP contribution is -2.38. The number of aliphatic imine (C=N–C) groups is 1. The van der Waals surface area contributed by atoms with Gasteiger partial charge in [0.15, 0.2) is 5.96 Å². The Morgan fingerprint density at radius 2 is 2.05 bits per heavy atom. The van der Waals surface area contributed by atoms with E-state index < -0.39 is 0 Å². The number of guanidine groups is 1. The maximum atomic E-state index is 5.66. The molecule has 1 aromatic rings. The molecule has 0 unspecified atom stereocenters. The maximum Gasteiger partial charge on any atom is 0.193 e. The summed E-state index contributed by atoms with van der Waals surface area (Å²) in [5, 5.41) is 3.42. The van der Waals surface area contributed by atoms with Crippen molar-refractivity contribution in [2.45, 2.75) is 52.9 Å². The largest absolute Gasteiger partial charge is 0.374 e. The van der Waals surface area contributed by atoms with Crippen molar-refractivity contribution >= 4 is 5.96 Å². The van der Waals surface area contributed by atoms with E-state index in [4.69, 9.17) is 4.74 Å². The van der Waals surface area contributed by atoms with Crippen molar-refractivity contribution in [3.8, 4) is 0 Å². The number of nitrogens with zero attached hydrogens (tertiary/aromatic N) is 2. The van der Waals surface area contributed by atoms with Crippen molar-refractivity contribution in [1.29, 1.82) is 0 Å². The number of ether oxygens (including phenoxy) is 1. The maximum absolute atomic E-state index is 5.66. The van der Waals surface area contributed by atoms with Crippen LogP contribution in [0, 0.1) is 0 Å². The predicted molar refractivity (Wildman–Crippen MR) is 94.1 cm³/mol. The zero-order chi connectivity index (χ0) is 16.4. The SMILES string of the molecule is CCCCN(C)C(=NC)NCc1cccc(COC(C)C)c1. The second-order valence-electron chi connectivity index (χ2n) is 5.86. The molecule has 0 atom stereocenters. The van der Waals surface area contributed by atoms with E-state index in [0.29, 0.717) is 6.61 Å². The van der Waals surface area contributed by atoms with E-state index in [-0.39, 0.29) is 6.10 Å². The van der Waals surface area contributed by atoms with Crippen molar-refractivity contribution < 1.29 is 4.74 Å². The lowest BCUT2D eigenvalue weighted by molar-refractivity contribution is 0.0657. The van der Waals surface area contributed by atoms with Crippen LogP contribution < -0.4 is 5.32 Å². The highest BCUT2D eigenvalue weighted by Gasteiger charge is 2.05. The Morgan fingerprint density at radius 3 is 2.68 bits per heavy atom. The van der Waals surface area contributed by atoms with E-state index >= 15 is 0 Å². The molecule has 0 saturated heterocycles. The first kappa shape index (κ1) is 18.5.